The van der Waals surface area contributed by atoms with Gasteiger partial charge in [-0.15, -0.1) is 0 Å². The fourth-order valence-electron chi connectivity index (χ4n) is 2.34. The number of thioether (sulfide) groups is 1. The van der Waals surface area contributed by atoms with Crippen molar-refractivity contribution in [2.75, 3.05) is 18.1 Å². The molecule has 0 bridgehead atoms. The lowest BCUT2D eigenvalue weighted by Gasteiger charge is -2.40. The third kappa shape index (κ3) is 2.48. The molecule has 0 aliphatic heterocycles. The van der Waals surface area contributed by atoms with E-state index in [0.717, 1.165) is 17.8 Å². The third-order valence-corrected chi connectivity index (χ3v) is 5.28. The highest BCUT2D eigenvalue weighted by atomic mass is 32.2. The average molecular weight is 265 g/mol. The lowest BCUT2D eigenvalue weighted by atomic mass is 9.84. The SMILES string of the molecule is CSC1(CNc2cccc(C(=O)O)c2C)CCC1. The summed E-state index contributed by atoms with van der Waals surface area (Å²) in [6, 6.07) is 5.40. The van der Waals surface area contributed by atoms with Gasteiger partial charge in [0.05, 0.1) is 5.56 Å². The maximum Gasteiger partial charge on any atom is 0.336 e. The molecule has 1 aromatic carbocycles. The molecule has 0 aromatic heterocycles. The van der Waals surface area contributed by atoms with E-state index in [-0.39, 0.29) is 0 Å². The van der Waals surface area contributed by atoms with Crippen LogP contribution in [0.15, 0.2) is 18.2 Å². The topological polar surface area (TPSA) is 49.3 Å². The summed E-state index contributed by atoms with van der Waals surface area (Å²) in [6.07, 6.45) is 5.95. The molecular formula is C14H19NO2S. The lowest BCUT2D eigenvalue weighted by Crippen LogP contribution is -2.40. The van der Waals surface area contributed by atoms with Gasteiger partial charge in [-0.3, -0.25) is 0 Å². The molecule has 0 radical (unpaired) electrons. The summed E-state index contributed by atoms with van der Waals surface area (Å²) in [5.74, 6) is -0.862. The summed E-state index contributed by atoms with van der Waals surface area (Å²) in [6.45, 7) is 2.77. The summed E-state index contributed by atoms with van der Waals surface area (Å²) in [4.78, 5) is 11.1. The molecular weight excluding hydrogens is 246 g/mol. The summed E-state index contributed by atoms with van der Waals surface area (Å²) in [5.41, 5.74) is 2.14. The first kappa shape index (κ1) is 13.3. The monoisotopic (exact) mass is 265 g/mol. The van der Waals surface area contributed by atoms with Gasteiger partial charge in [0.15, 0.2) is 0 Å². The van der Waals surface area contributed by atoms with E-state index in [0.29, 0.717) is 10.3 Å². The van der Waals surface area contributed by atoms with Crippen molar-refractivity contribution in [3.8, 4) is 0 Å². The van der Waals surface area contributed by atoms with Crippen LogP contribution in [0.5, 0.6) is 0 Å². The zero-order valence-electron chi connectivity index (χ0n) is 10.8. The summed E-state index contributed by atoms with van der Waals surface area (Å²) < 4.78 is 0.353. The number of carbonyl (C=O) groups is 1. The summed E-state index contributed by atoms with van der Waals surface area (Å²) >= 11 is 1.92. The van der Waals surface area contributed by atoms with E-state index in [9.17, 15) is 4.79 Å². The highest BCUT2D eigenvalue weighted by Gasteiger charge is 2.35. The quantitative estimate of drug-likeness (QED) is 0.856. The number of nitrogens with one attached hydrogen (secondary N) is 1. The number of benzene rings is 1. The van der Waals surface area contributed by atoms with Crippen molar-refractivity contribution in [2.24, 2.45) is 0 Å². The summed E-state index contributed by atoms with van der Waals surface area (Å²) in [7, 11) is 0. The van der Waals surface area contributed by atoms with Gasteiger partial charge in [-0.2, -0.15) is 11.8 Å². The molecule has 0 spiro atoms. The number of carboxylic acid groups (broad SMARTS) is 1. The third-order valence-electron chi connectivity index (χ3n) is 3.86. The van der Waals surface area contributed by atoms with E-state index in [1.165, 1.54) is 19.3 Å². The van der Waals surface area contributed by atoms with Gasteiger partial charge in [-0.1, -0.05) is 12.5 Å². The molecule has 4 heteroatoms. The van der Waals surface area contributed by atoms with Crippen molar-refractivity contribution < 1.29 is 9.90 Å². The van der Waals surface area contributed by atoms with Gasteiger partial charge in [0.2, 0.25) is 0 Å². The van der Waals surface area contributed by atoms with E-state index in [4.69, 9.17) is 5.11 Å². The fraction of sp³-hybridized carbons (Fsp3) is 0.500. The first-order valence-corrected chi connectivity index (χ1v) is 7.42. The number of anilines is 1. The van der Waals surface area contributed by atoms with E-state index in [1.54, 1.807) is 12.1 Å². The van der Waals surface area contributed by atoms with Crippen LogP contribution in [-0.4, -0.2) is 28.6 Å². The molecule has 0 amide bonds. The van der Waals surface area contributed by atoms with Crippen molar-refractivity contribution in [3.63, 3.8) is 0 Å². The minimum Gasteiger partial charge on any atom is -0.478 e. The van der Waals surface area contributed by atoms with Crippen molar-refractivity contribution in [1.82, 2.24) is 0 Å². The van der Waals surface area contributed by atoms with Gasteiger partial charge in [-0.25, -0.2) is 4.79 Å². The van der Waals surface area contributed by atoms with Crippen LogP contribution >= 0.6 is 11.8 Å². The Labute approximate surface area is 112 Å². The Morgan fingerprint density at radius 3 is 2.72 bits per heavy atom. The van der Waals surface area contributed by atoms with Crippen molar-refractivity contribution in [2.45, 2.75) is 30.9 Å². The van der Waals surface area contributed by atoms with Crippen LogP contribution in [0.25, 0.3) is 0 Å². The molecule has 1 aromatic rings. The van der Waals surface area contributed by atoms with E-state index in [1.807, 2.05) is 24.8 Å². The van der Waals surface area contributed by atoms with Crippen molar-refractivity contribution in [3.05, 3.63) is 29.3 Å². The highest BCUT2D eigenvalue weighted by Crippen LogP contribution is 2.42. The molecule has 0 saturated heterocycles. The Morgan fingerprint density at radius 1 is 1.50 bits per heavy atom. The van der Waals surface area contributed by atoms with Crippen LogP contribution in [0.2, 0.25) is 0 Å². The smallest absolute Gasteiger partial charge is 0.336 e. The van der Waals surface area contributed by atoms with E-state index >= 15 is 0 Å². The second-order valence-corrected chi connectivity index (χ2v) is 6.15. The van der Waals surface area contributed by atoms with Gasteiger partial charge in [0.1, 0.15) is 0 Å². The van der Waals surface area contributed by atoms with Gasteiger partial charge in [0, 0.05) is 17.0 Å². The minimum atomic E-state index is -0.862. The van der Waals surface area contributed by atoms with E-state index in [2.05, 4.69) is 11.6 Å². The Hall–Kier alpha value is -1.16. The highest BCUT2D eigenvalue weighted by molar-refractivity contribution is 8.00. The fourth-order valence-corrected chi connectivity index (χ4v) is 3.25. The standard InChI is InChI=1S/C14H19NO2S/c1-10-11(13(16)17)5-3-6-12(10)15-9-14(18-2)7-4-8-14/h3,5-6,15H,4,7-9H2,1-2H3,(H,16,17). The molecule has 1 fully saturated rings. The second kappa shape index (κ2) is 5.22. The number of hydrogen-bond acceptors (Lipinski definition) is 3. The Bertz CT molecular complexity index is 450. The Balaban J connectivity index is 2.10. The first-order valence-electron chi connectivity index (χ1n) is 6.20. The zero-order chi connectivity index (χ0) is 13.2. The number of rotatable bonds is 5. The van der Waals surface area contributed by atoms with Gasteiger partial charge in [-0.05, 0) is 43.7 Å². The van der Waals surface area contributed by atoms with Crippen LogP contribution in [0.3, 0.4) is 0 Å². The molecule has 1 saturated carbocycles. The molecule has 0 heterocycles. The largest absolute Gasteiger partial charge is 0.478 e. The predicted molar refractivity (Wildman–Crippen MR) is 76.7 cm³/mol. The first-order chi connectivity index (χ1) is 8.58. The van der Waals surface area contributed by atoms with Crippen LogP contribution < -0.4 is 5.32 Å². The van der Waals surface area contributed by atoms with Crippen LogP contribution in [-0.2, 0) is 0 Å². The maximum atomic E-state index is 11.1. The van der Waals surface area contributed by atoms with Crippen molar-refractivity contribution >= 4 is 23.4 Å². The molecule has 18 heavy (non-hydrogen) atoms. The number of hydrogen-bond donors (Lipinski definition) is 2. The molecule has 98 valence electrons. The second-order valence-electron chi connectivity index (χ2n) is 4.88. The normalized spacial score (nSPS) is 17.0. The number of aromatic carboxylic acids is 1. The Kier molecular flexibility index (Phi) is 3.85. The van der Waals surface area contributed by atoms with Gasteiger partial charge in [0.25, 0.3) is 0 Å². The molecule has 1 aliphatic carbocycles. The van der Waals surface area contributed by atoms with E-state index < -0.39 is 5.97 Å². The van der Waals surface area contributed by atoms with Gasteiger partial charge < -0.3 is 10.4 Å². The lowest BCUT2D eigenvalue weighted by molar-refractivity contribution is 0.0696. The molecule has 1 aliphatic rings. The molecule has 0 unspecified atom stereocenters. The zero-order valence-corrected chi connectivity index (χ0v) is 11.6. The van der Waals surface area contributed by atoms with Crippen LogP contribution in [0.1, 0.15) is 35.2 Å². The van der Waals surface area contributed by atoms with Gasteiger partial charge >= 0.3 is 5.97 Å². The maximum absolute atomic E-state index is 11.1. The van der Waals surface area contributed by atoms with Crippen LogP contribution in [0, 0.1) is 6.92 Å². The summed E-state index contributed by atoms with van der Waals surface area (Å²) in [5, 5.41) is 12.5. The minimum absolute atomic E-state index is 0.353. The average Bonchev–Trinajstić information content (AvgIpc) is 2.29. The molecule has 3 nitrogen and oxygen atoms in total. The van der Waals surface area contributed by atoms with Crippen LogP contribution in [0.4, 0.5) is 5.69 Å². The molecule has 0 atom stereocenters. The molecule has 2 rings (SSSR count). The molecule has 2 N–H and O–H groups in total. The van der Waals surface area contributed by atoms with Crippen molar-refractivity contribution in [1.29, 1.82) is 0 Å². The Morgan fingerprint density at radius 2 is 2.22 bits per heavy atom. The number of carboxylic acids is 1. The predicted octanol–water partition coefficient (Wildman–Crippen LogP) is 3.39.